The molecular weight excluding hydrogens is 339 g/mol. The molecule has 1 aliphatic rings. The van der Waals surface area contributed by atoms with E-state index in [2.05, 4.69) is 4.98 Å². The van der Waals surface area contributed by atoms with E-state index in [0.29, 0.717) is 16.4 Å². The first kappa shape index (κ1) is 12.8. The Kier molecular flexibility index (Phi) is 3.69. The van der Waals surface area contributed by atoms with Crippen LogP contribution in [0.5, 0.6) is 0 Å². The van der Waals surface area contributed by atoms with Crippen LogP contribution in [-0.4, -0.2) is 32.5 Å². The molecule has 94 valence electrons. The van der Waals surface area contributed by atoms with Crippen LogP contribution in [0.1, 0.15) is 18.9 Å². The second-order valence-electron chi connectivity index (χ2n) is 4.28. The van der Waals surface area contributed by atoms with Crippen LogP contribution < -0.4 is 11.2 Å². The van der Waals surface area contributed by atoms with Crippen LogP contribution in [0.15, 0.2) is 15.8 Å². The number of nitrogens with one attached hydrogen (secondary N) is 1. The predicted molar refractivity (Wildman–Crippen MR) is 68.9 cm³/mol. The highest BCUT2D eigenvalue weighted by molar-refractivity contribution is 14.1. The molecule has 0 aliphatic heterocycles. The lowest BCUT2D eigenvalue weighted by Gasteiger charge is -2.13. The summed E-state index contributed by atoms with van der Waals surface area (Å²) in [6.45, 7) is -0.0904. The van der Waals surface area contributed by atoms with Gasteiger partial charge in [-0.15, -0.1) is 0 Å². The monoisotopic (exact) mass is 352 g/mol. The van der Waals surface area contributed by atoms with Gasteiger partial charge in [0.2, 0.25) is 0 Å². The highest BCUT2D eigenvalue weighted by Crippen LogP contribution is 2.33. The van der Waals surface area contributed by atoms with Crippen molar-refractivity contribution >= 4 is 22.6 Å². The highest BCUT2D eigenvalue weighted by Gasteiger charge is 2.34. The first-order valence-electron chi connectivity index (χ1n) is 5.32. The van der Waals surface area contributed by atoms with Crippen molar-refractivity contribution in [2.75, 3.05) is 6.61 Å². The van der Waals surface area contributed by atoms with E-state index in [1.54, 1.807) is 0 Å². The molecule has 3 N–H and O–H groups in total. The van der Waals surface area contributed by atoms with Crippen LogP contribution in [-0.2, 0) is 0 Å². The second kappa shape index (κ2) is 4.91. The van der Waals surface area contributed by atoms with Gasteiger partial charge in [-0.25, -0.2) is 4.79 Å². The zero-order valence-corrected chi connectivity index (χ0v) is 11.1. The molecule has 1 unspecified atom stereocenters. The van der Waals surface area contributed by atoms with Gasteiger partial charge in [-0.1, -0.05) is 0 Å². The quantitative estimate of drug-likeness (QED) is 0.623. The third kappa shape index (κ3) is 2.45. The zero-order chi connectivity index (χ0) is 12.6. The molecule has 0 spiro atoms. The van der Waals surface area contributed by atoms with Crippen molar-refractivity contribution in [3.63, 3.8) is 0 Å². The Morgan fingerprint density at radius 2 is 2.18 bits per heavy atom. The fraction of sp³-hybridized carbons (Fsp3) is 0.600. The summed E-state index contributed by atoms with van der Waals surface area (Å²) in [4.78, 5) is 25.1. The van der Waals surface area contributed by atoms with Gasteiger partial charge in [0, 0.05) is 24.8 Å². The summed E-state index contributed by atoms with van der Waals surface area (Å²) >= 11 is 1.86. The average Bonchev–Trinajstić information content (AvgIpc) is 2.65. The molecule has 0 saturated heterocycles. The van der Waals surface area contributed by atoms with Gasteiger partial charge >= 0.3 is 5.69 Å². The Bertz CT molecular complexity index is 524. The van der Waals surface area contributed by atoms with Crippen LogP contribution in [0.4, 0.5) is 0 Å². The van der Waals surface area contributed by atoms with Gasteiger partial charge in [0.15, 0.2) is 0 Å². The van der Waals surface area contributed by atoms with Gasteiger partial charge in [0.1, 0.15) is 0 Å². The standard InChI is InChI=1S/C10H13IN2O4/c11-7-3-13(10(17)12-9(7)16)6-1-5(4-14)8(15)2-6/h3,5-6,8,14-15H,1-2,4H2,(H,12,16,17)/t5-,6?,8+/m1/s1. The lowest BCUT2D eigenvalue weighted by molar-refractivity contribution is 0.0906. The Morgan fingerprint density at radius 1 is 1.47 bits per heavy atom. The molecule has 0 aromatic carbocycles. The number of nitrogens with zero attached hydrogens (tertiary/aromatic N) is 1. The summed E-state index contributed by atoms with van der Waals surface area (Å²) in [5, 5.41) is 18.7. The molecule has 1 saturated carbocycles. The molecule has 6 nitrogen and oxygen atoms in total. The number of rotatable bonds is 2. The molecule has 1 aromatic rings. The Balaban J connectivity index is 2.34. The zero-order valence-electron chi connectivity index (χ0n) is 8.97. The Hall–Kier alpha value is -0.670. The van der Waals surface area contributed by atoms with Crippen LogP contribution >= 0.6 is 22.6 Å². The summed E-state index contributed by atoms with van der Waals surface area (Å²) in [6, 6.07) is -0.167. The predicted octanol–water partition coefficient (Wildman–Crippen LogP) is -0.554. The molecule has 1 aromatic heterocycles. The molecule has 0 amide bonds. The van der Waals surface area contributed by atoms with Gasteiger partial charge in [-0.3, -0.25) is 14.3 Å². The normalized spacial score (nSPS) is 28.5. The highest BCUT2D eigenvalue weighted by atomic mass is 127. The van der Waals surface area contributed by atoms with Crippen molar-refractivity contribution in [1.29, 1.82) is 0 Å². The maximum atomic E-state index is 11.6. The molecular formula is C10H13IN2O4. The summed E-state index contributed by atoms with van der Waals surface area (Å²) in [6.07, 6.45) is 1.87. The van der Waals surface area contributed by atoms with Crippen molar-refractivity contribution in [3.05, 3.63) is 30.6 Å². The van der Waals surface area contributed by atoms with Gasteiger partial charge in [-0.2, -0.15) is 0 Å². The van der Waals surface area contributed by atoms with Gasteiger partial charge in [-0.05, 0) is 35.4 Å². The van der Waals surface area contributed by atoms with Crippen molar-refractivity contribution < 1.29 is 10.2 Å². The molecule has 3 atom stereocenters. The number of halogens is 1. The fourth-order valence-corrected chi connectivity index (χ4v) is 2.66. The van der Waals surface area contributed by atoms with E-state index in [9.17, 15) is 14.7 Å². The molecule has 17 heavy (non-hydrogen) atoms. The van der Waals surface area contributed by atoms with Crippen LogP contribution in [0, 0.1) is 9.49 Å². The minimum atomic E-state index is -0.596. The van der Waals surface area contributed by atoms with Crippen LogP contribution in [0.3, 0.4) is 0 Å². The van der Waals surface area contributed by atoms with E-state index in [1.807, 2.05) is 22.6 Å². The minimum Gasteiger partial charge on any atom is -0.396 e. The third-order valence-corrected chi connectivity index (χ3v) is 3.95. The second-order valence-corrected chi connectivity index (χ2v) is 5.44. The first-order valence-corrected chi connectivity index (χ1v) is 6.40. The van der Waals surface area contributed by atoms with E-state index >= 15 is 0 Å². The third-order valence-electron chi connectivity index (χ3n) is 3.18. The summed E-state index contributed by atoms with van der Waals surface area (Å²) in [5.41, 5.74) is -0.865. The fourth-order valence-electron chi connectivity index (χ4n) is 2.23. The minimum absolute atomic E-state index is 0.0904. The van der Waals surface area contributed by atoms with Crippen molar-refractivity contribution in [2.24, 2.45) is 5.92 Å². The van der Waals surface area contributed by atoms with E-state index in [-0.39, 0.29) is 18.6 Å². The summed E-state index contributed by atoms with van der Waals surface area (Å²) < 4.78 is 1.87. The first-order chi connectivity index (χ1) is 8.02. The van der Waals surface area contributed by atoms with Crippen molar-refractivity contribution in [3.8, 4) is 0 Å². The maximum Gasteiger partial charge on any atom is 0.328 e. The number of H-pyrrole nitrogens is 1. The average molecular weight is 352 g/mol. The Labute approximate surface area is 110 Å². The van der Waals surface area contributed by atoms with Crippen LogP contribution in [0.2, 0.25) is 0 Å². The smallest absolute Gasteiger partial charge is 0.328 e. The number of aromatic nitrogens is 2. The number of aromatic amines is 1. The largest absolute Gasteiger partial charge is 0.396 e. The van der Waals surface area contributed by atoms with Gasteiger partial charge < -0.3 is 10.2 Å². The van der Waals surface area contributed by atoms with E-state index in [4.69, 9.17) is 5.11 Å². The van der Waals surface area contributed by atoms with E-state index < -0.39 is 17.4 Å². The van der Waals surface area contributed by atoms with Gasteiger partial charge in [0.25, 0.3) is 5.56 Å². The van der Waals surface area contributed by atoms with Crippen molar-refractivity contribution in [2.45, 2.75) is 25.0 Å². The van der Waals surface area contributed by atoms with Gasteiger partial charge in [0.05, 0.1) is 9.67 Å². The maximum absolute atomic E-state index is 11.6. The molecule has 1 aliphatic carbocycles. The molecule has 0 bridgehead atoms. The lowest BCUT2D eigenvalue weighted by atomic mass is 10.1. The summed E-state index contributed by atoms with van der Waals surface area (Å²) in [7, 11) is 0. The number of hydrogen-bond acceptors (Lipinski definition) is 4. The molecule has 7 heteroatoms. The molecule has 1 heterocycles. The van der Waals surface area contributed by atoms with E-state index in [0.717, 1.165) is 0 Å². The SMILES string of the molecule is O=c1[nH]c(=O)n(C2C[C@H](CO)[C@@H](O)C2)cc1I. The number of aliphatic hydroxyl groups is 2. The Morgan fingerprint density at radius 3 is 2.76 bits per heavy atom. The van der Waals surface area contributed by atoms with Crippen LogP contribution in [0.25, 0.3) is 0 Å². The number of hydrogen-bond donors (Lipinski definition) is 3. The number of aliphatic hydroxyl groups excluding tert-OH is 2. The lowest BCUT2D eigenvalue weighted by Crippen LogP contribution is -2.33. The topological polar surface area (TPSA) is 95.3 Å². The summed E-state index contributed by atoms with van der Waals surface area (Å²) in [5.74, 6) is -0.198. The molecule has 0 radical (unpaired) electrons. The van der Waals surface area contributed by atoms with Crippen molar-refractivity contribution in [1.82, 2.24) is 9.55 Å². The molecule has 1 fully saturated rings. The van der Waals surface area contributed by atoms with E-state index in [1.165, 1.54) is 10.8 Å². The molecule has 2 rings (SSSR count).